The molecule has 1 N–H and O–H groups in total. The van der Waals surface area contributed by atoms with Crippen molar-refractivity contribution >= 4 is 11.5 Å². The van der Waals surface area contributed by atoms with Gasteiger partial charge in [-0.05, 0) is 31.2 Å². The summed E-state index contributed by atoms with van der Waals surface area (Å²) in [6, 6.07) is 7.05. The molecule has 0 aliphatic carbocycles. The van der Waals surface area contributed by atoms with Gasteiger partial charge < -0.3 is 5.11 Å². The average Bonchev–Trinajstić information content (AvgIpc) is 2.92. The number of hydrogen-bond acceptors (Lipinski definition) is 6. The predicted molar refractivity (Wildman–Crippen MR) is 71.9 cm³/mol. The van der Waals surface area contributed by atoms with Crippen molar-refractivity contribution < 1.29 is 9.90 Å². The summed E-state index contributed by atoms with van der Waals surface area (Å²) in [7, 11) is 0. The van der Waals surface area contributed by atoms with E-state index in [9.17, 15) is 9.90 Å². The van der Waals surface area contributed by atoms with Crippen LogP contribution in [0.2, 0.25) is 0 Å². The van der Waals surface area contributed by atoms with E-state index in [2.05, 4.69) is 20.3 Å². The molecule has 0 aliphatic rings. The average molecular weight is 271 g/mol. The Kier molecular flexibility index (Phi) is 3.99. The molecule has 0 atom stereocenters. The Morgan fingerprint density at radius 3 is 2.45 bits per heavy atom. The van der Waals surface area contributed by atoms with Crippen molar-refractivity contribution in [3.05, 3.63) is 48.4 Å². The number of ketones is 1. The van der Waals surface area contributed by atoms with Crippen molar-refractivity contribution in [2.45, 2.75) is 13.8 Å². The highest BCUT2D eigenvalue weighted by atomic mass is 16.3. The van der Waals surface area contributed by atoms with Gasteiger partial charge in [-0.1, -0.05) is 0 Å². The fourth-order valence-corrected chi connectivity index (χ4v) is 1.52. The van der Waals surface area contributed by atoms with Gasteiger partial charge in [-0.2, -0.15) is 10.2 Å². The van der Waals surface area contributed by atoms with E-state index in [1.165, 1.54) is 20.2 Å². The number of carbonyl (C=O) groups is 1. The van der Waals surface area contributed by atoms with Crippen LogP contribution in [-0.2, 0) is 4.79 Å². The second-order valence-electron chi connectivity index (χ2n) is 4.05. The molecule has 7 nitrogen and oxygen atoms in total. The number of Topliss-reactive ketones (excluding diaryl/α,β-unsaturated/α-hetero) is 1. The van der Waals surface area contributed by atoms with Crippen LogP contribution in [-0.4, -0.2) is 25.7 Å². The first kappa shape index (κ1) is 13.6. The molecule has 0 bridgehead atoms. The van der Waals surface area contributed by atoms with Crippen LogP contribution in [0.15, 0.2) is 58.6 Å². The minimum atomic E-state index is -0.340. The topological polar surface area (TPSA) is 92.7 Å². The van der Waals surface area contributed by atoms with E-state index in [0.29, 0.717) is 5.69 Å². The molecule has 0 saturated heterocycles. The van der Waals surface area contributed by atoms with Crippen LogP contribution in [0.1, 0.15) is 13.8 Å². The van der Waals surface area contributed by atoms with E-state index in [0.717, 1.165) is 5.69 Å². The monoisotopic (exact) mass is 271 g/mol. The summed E-state index contributed by atoms with van der Waals surface area (Å²) in [4.78, 5) is 15.1. The molecule has 0 fully saturated rings. The molecule has 1 aromatic carbocycles. The standard InChI is InChI=1S/C13H13N5O2/c1-9(19)13(10(2)20)17-16-11-3-5-12(6-4-11)18-8-14-7-15-18/h3-8,19H,1-2H3. The summed E-state index contributed by atoms with van der Waals surface area (Å²) in [6.45, 7) is 2.71. The minimum absolute atomic E-state index is 0.0506. The van der Waals surface area contributed by atoms with Gasteiger partial charge in [0.15, 0.2) is 11.5 Å². The van der Waals surface area contributed by atoms with Crippen LogP contribution in [0.4, 0.5) is 5.69 Å². The van der Waals surface area contributed by atoms with E-state index in [1.807, 2.05) is 0 Å². The number of aliphatic hydroxyl groups excluding tert-OH is 1. The summed E-state index contributed by atoms with van der Waals surface area (Å²) in [5, 5.41) is 21.0. The lowest BCUT2D eigenvalue weighted by molar-refractivity contribution is -0.113. The third-order valence-corrected chi connectivity index (χ3v) is 2.47. The maximum Gasteiger partial charge on any atom is 0.183 e. The first-order chi connectivity index (χ1) is 9.58. The van der Waals surface area contributed by atoms with E-state index >= 15 is 0 Å². The molecule has 7 heteroatoms. The Morgan fingerprint density at radius 1 is 1.25 bits per heavy atom. The van der Waals surface area contributed by atoms with Gasteiger partial charge in [-0.15, -0.1) is 5.11 Å². The zero-order chi connectivity index (χ0) is 14.5. The quantitative estimate of drug-likeness (QED) is 0.525. The largest absolute Gasteiger partial charge is 0.510 e. The molecule has 2 rings (SSSR count). The highest BCUT2D eigenvalue weighted by Gasteiger charge is 2.06. The van der Waals surface area contributed by atoms with Crippen LogP contribution >= 0.6 is 0 Å². The van der Waals surface area contributed by atoms with Crippen molar-refractivity contribution in [1.29, 1.82) is 0 Å². The molecule has 0 aliphatic heterocycles. The lowest BCUT2D eigenvalue weighted by Gasteiger charge is -2.00. The SMILES string of the molecule is CC(=O)C(N=Nc1ccc(-n2cncn2)cc1)=C(C)O. The molecule has 0 saturated carbocycles. The number of aromatic nitrogens is 3. The Balaban J connectivity index is 2.19. The third kappa shape index (κ3) is 3.14. The van der Waals surface area contributed by atoms with Gasteiger partial charge in [0.1, 0.15) is 18.4 Å². The van der Waals surface area contributed by atoms with Crippen LogP contribution in [0.5, 0.6) is 0 Å². The summed E-state index contributed by atoms with van der Waals surface area (Å²) >= 11 is 0. The Bertz CT molecular complexity index is 653. The zero-order valence-corrected chi connectivity index (χ0v) is 11.1. The van der Waals surface area contributed by atoms with Crippen molar-refractivity contribution in [2.75, 3.05) is 0 Å². The van der Waals surface area contributed by atoms with Gasteiger partial charge in [0.25, 0.3) is 0 Å². The van der Waals surface area contributed by atoms with E-state index in [1.54, 1.807) is 35.3 Å². The second-order valence-corrected chi connectivity index (χ2v) is 4.05. The van der Waals surface area contributed by atoms with E-state index < -0.39 is 0 Å². The Morgan fingerprint density at radius 2 is 1.95 bits per heavy atom. The maximum absolute atomic E-state index is 11.2. The van der Waals surface area contributed by atoms with Crippen LogP contribution in [0.25, 0.3) is 5.69 Å². The van der Waals surface area contributed by atoms with E-state index in [-0.39, 0.29) is 17.2 Å². The van der Waals surface area contributed by atoms with Gasteiger partial charge >= 0.3 is 0 Å². The zero-order valence-electron chi connectivity index (χ0n) is 11.1. The van der Waals surface area contributed by atoms with Gasteiger partial charge in [0.05, 0.1) is 11.4 Å². The highest BCUT2D eigenvalue weighted by Crippen LogP contribution is 2.17. The number of nitrogens with zero attached hydrogens (tertiary/aromatic N) is 5. The fraction of sp³-hybridized carbons (Fsp3) is 0.154. The predicted octanol–water partition coefficient (Wildman–Crippen LogP) is 2.73. The minimum Gasteiger partial charge on any atom is -0.510 e. The number of rotatable bonds is 4. The van der Waals surface area contributed by atoms with Crippen molar-refractivity contribution in [3.63, 3.8) is 0 Å². The number of benzene rings is 1. The first-order valence-corrected chi connectivity index (χ1v) is 5.85. The van der Waals surface area contributed by atoms with Gasteiger partial charge in [-0.3, -0.25) is 4.79 Å². The van der Waals surface area contributed by atoms with Gasteiger partial charge in [0, 0.05) is 6.92 Å². The Labute approximate surface area is 115 Å². The molecule has 2 aromatic rings. The number of carbonyl (C=O) groups excluding carboxylic acids is 1. The number of aliphatic hydroxyl groups is 1. The summed E-state index contributed by atoms with van der Waals surface area (Å²) < 4.78 is 1.61. The molecule has 1 heterocycles. The number of hydrogen-bond donors (Lipinski definition) is 1. The number of allylic oxidation sites excluding steroid dienone is 2. The molecule has 0 amide bonds. The highest BCUT2D eigenvalue weighted by molar-refractivity contribution is 5.93. The molecular weight excluding hydrogens is 258 g/mol. The summed E-state index contributed by atoms with van der Waals surface area (Å²) in [5.74, 6) is -0.492. The summed E-state index contributed by atoms with van der Waals surface area (Å²) in [6.07, 6.45) is 3.03. The molecule has 1 aromatic heterocycles. The molecule has 20 heavy (non-hydrogen) atoms. The molecular formula is C13H13N5O2. The first-order valence-electron chi connectivity index (χ1n) is 5.85. The van der Waals surface area contributed by atoms with Crippen molar-refractivity contribution in [3.8, 4) is 5.69 Å². The lowest BCUT2D eigenvalue weighted by Crippen LogP contribution is -1.96. The fourth-order valence-electron chi connectivity index (χ4n) is 1.52. The second kappa shape index (κ2) is 5.87. The van der Waals surface area contributed by atoms with Gasteiger partial charge in [0.2, 0.25) is 0 Å². The smallest absolute Gasteiger partial charge is 0.183 e. The maximum atomic E-state index is 11.2. The van der Waals surface area contributed by atoms with Crippen LogP contribution < -0.4 is 0 Å². The van der Waals surface area contributed by atoms with Crippen molar-refractivity contribution in [1.82, 2.24) is 14.8 Å². The molecule has 0 spiro atoms. The molecule has 0 unspecified atom stereocenters. The Hall–Kier alpha value is -2.83. The normalized spacial score (nSPS) is 12.5. The lowest BCUT2D eigenvalue weighted by atomic mass is 10.3. The third-order valence-electron chi connectivity index (χ3n) is 2.47. The molecule has 0 radical (unpaired) electrons. The van der Waals surface area contributed by atoms with Crippen LogP contribution in [0, 0.1) is 0 Å². The van der Waals surface area contributed by atoms with E-state index in [4.69, 9.17) is 0 Å². The van der Waals surface area contributed by atoms with Gasteiger partial charge in [-0.25, -0.2) is 9.67 Å². The van der Waals surface area contributed by atoms with Crippen molar-refractivity contribution in [2.24, 2.45) is 10.2 Å². The number of azo groups is 1. The summed E-state index contributed by atoms with van der Waals surface area (Å²) in [5.41, 5.74) is 1.35. The molecule has 102 valence electrons. The van der Waals surface area contributed by atoms with Crippen LogP contribution in [0.3, 0.4) is 0 Å².